The van der Waals surface area contributed by atoms with Crippen LogP contribution in [0, 0.1) is 0 Å². The molecule has 0 bridgehead atoms. The van der Waals surface area contributed by atoms with Crippen molar-refractivity contribution in [3.63, 3.8) is 0 Å². The Bertz CT molecular complexity index is 418. The molecular formula is C10H15N5OS. The van der Waals surface area contributed by atoms with E-state index < -0.39 is 0 Å². The molecule has 1 saturated heterocycles. The second-order valence-electron chi connectivity index (χ2n) is 3.54. The van der Waals surface area contributed by atoms with Crippen LogP contribution in [0.5, 0.6) is 0 Å². The third-order valence-electron chi connectivity index (χ3n) is 2.29. The molecule has 1 aliphatic heterocycles. The fourth-order valence-corrected chi connectivity index (χ4v) is 2.44. The molecule has 0 saturated carbocycles. The van der Waals surface area contributed by atoms with Crippen LogP contribution in [0.3, 0.4) is 0 Å². The summed E-state index contributed by atoms with van der Waals surface area (Å²) in [5.41, 5.74) is 10.3. The summed E-state index contributed by atoms with van der Waals surface area (Å²) in [5.74, 6) is -0.0359. The summed E-state index contributed by atoms with van der Waals surface area (Å²) >= 11 is 1.66. The van der Waals surface area contributed by atoms with Crippen molar-refractivity contribution in [2.24, 2.45) is 21.7 Å². The van der Waals surface area contributed by atoms with Gasteiger partial charge < -0.3 is 21.1 Å². The van der Waals surface area contributed by atoms with Gasteiger partial charge in [0.2, 0.25) is 5.96 Å². The number of hydrogen-bond acceptors (Lipinski definition) is 5. The van der Waals surface area contributed by atoms with Gasteiger partial charge in [-0.25, -0.2) is 0 Å². The molecule has 6 nitrogen and oxygen atoms in total. The maximum atomic E-state index is 5.31. The van der Waals surface area contributed by atoms with Crippen LogP contribution in [-0.4, -0.2) is 38.5 Å². The highest BCUT2D eigenvalue weighted by atomic mass is 32.1. The molecule has 1 aromatic rings. The van der Waals surface area contributed by atoms with Gasteiger partial charge in [0.05, 0.1) is 24.4 Å². The quantitative estimate of drug-likeness (QED) is 0.457. The van der Waals surface area contributed by atoms with E-state index in [0.29, 0.717) is 0 Å². The first kappa shape index (κ1) is 11.9. The van der Waals surface area contributed by atoms with Crippen LogP contribution in [0.25, 0.3) is 0 Å². The number of guanidine groups is 1. The highest BCUT2D eigenvalue weighted by Gasteiger charge is 2.12. The van der Waals surface area contributed by atoms with Crippen LogP contribution in [0.4, 0.5) is 5.00 Å². The van der Waals surface area contributed by atoms with Crippen LogP contribution < -0.4 is 16.4 Å². The van der Waals surface area contributed by atoms with Gasteiger partial charge in [-0.05, 0) is 12.1 Å². The maximum Gasteiger partial charge on any atom is 0.211 e. The number of anilines is 1. The minimum Gasteiger partial charge on any atom is -0.378 e. The van der Waals surface area contributed by atoms with Crippen LogP contribution in [0.1, 0.15) is 4.88 Å². The summed E-state index contributed by atoms with van der Waals surface area (Å²) < 4.78 is 5.31. The molecule has 92 valence electrons. The topological polar surface area (TPSA) is 89.2 Å². The normalized spacial score (nSPS) is 16.4. The fraction of sp³-hybridized carbons (Fsp3) is 0.400. The van der Waals surface area contributed by atoms with E-state index in [1.807, 2.05) is 6.07 Å². The Kier molecular flexibility index (Phi) is 3.94. The van der Waals surface area contributed by atoms with E-state index in [4.69, 9.17) is 16.2 Å². The second-order valence-corrected chi connectivity index (χ2v) is 4.64. The lowest BCUT2D eigenvalue weighted by Crippen LogP contribution is -2.35. The van der Waals surface area contributed by atoms with Crippen molar-refractivity contribution in [2.75, 3.05) is 31.2 Å². The van der Waals surface area contributed by atoms with E-state index >= 15 is 0 Å². The van der Waals surface area contributed by atoms with Gasteiger partial charge in [0.25, 0.3) is 0 Å². The van der Waals surface area contributed by atoms with E-state index in [2.05, 4.69) is 21.2 Å². The Labute approximate surface area is 104 Å². The van der Waals surface area contributed by atoms with Crippen LogP contribution >= 0.6 is 11.3 Å². The van der Waals surface area contributed by atoms with Crippen molar-refractivity contribution in [2.45, 2.75) is 0 Å². The molecule has 0 spiro atoms. The van der Waals surface area contributed by atoms with E-state index in [9.17, 15) is 0 Å². The first-order chi connectivity index (χ1) is 8.25. The summed E-state index contributed by atoms with van der Waals surface area (Å²) in [6, 6.07) is 4.08. The number of thiophene rings is 1. The Morgan fingerprint density at radius 2 is 2.12 bits per heavy atom. The molecule has 1 fully saturated rings. The molecule has 2 heterocycles. The average molecular weight is 253 g/mol. The zero-order valence-corrected chi connectivity index (χ0v) is 10.2. The predicted molar refractivity (Wildman–Crippen MR) is 70.8 cm³/mol. The number of ether oxygens (including phenoxy) is 1. The zero-order valence-electron chi connectivity index (χ0n) is 9.37. The number of rotatable bonds is 3. The van der Waals surface area contributed by atoms with Crippen molar-refractivity contribution >= 4 is 28.5 Å². The van der Waals surface area contributed by atoms with E-state index in [0.717, 1.165) is 31.2 Å². The maximum absolute atomic E-state index is 5.31. The Hall–Kier alpha value is -1.60. The van der Waals surface area contributed by atoms with Gasteiger partial charge in [-0.3, -0.25) is 0 Å². The Morgan fingerprint density at radius 1 is 1.35 bits per heavy atom. The smallest absolute Gasteiger partial charge is 0.211 e. The molecule has 0 aromatic carbocycles. The Balaban J connectivity index is 2.00. The van der Waals surface area contributed by atoms with E-state index in [1.54, 1.807) is 17.6 Å². The molecule has 2 rings (SSSR count). The van der Waals surface area contributed by atoms with Crippen molar-refractivity contribution < 1.29 is 4.74 Å². The van der Waals surface area contributed by atoms with Gasteiger partial charge >= 0.3 is 0 Å². The Morgan fingerprint density at radius 3 is 2.82 bits per heavy atom. The minimum absolute atomic E-state index is 0.0359. The van der Waals surface area contributed by atoms with Gasteiger partial charge in [0.1, 0.15) is 0 Å². The molecule has 0 atom stereocenters. The third kappa shape index (κ3) is 3.43. The lowest BCUT2D eigenvalue weighted by molar-refractivity contribution is 0.123. The highest BCUT2D eigenvalue weighted by Crippen LogP contribution is 2.25. The number of morpholine rings is 1. The summed E-state index contributed by atoms with van der Waals surface area (Å²) in [7, 11) is 0. The number of hydrogen-bond donors (Lipinski definition) is 2. The van der Waals surface area contributed by atoms with Crippen molar-refractivity contribution in [1.29, 1.82) is 0 Å². The standard InChI is InChI=1S/C10H15N5OS/c11-10(12)14-13-7-8-1-2-9(17-8)15-3-5-16-6-4-15/h1-2,7H,3-6H2,(H4,11,12,14)/b13-7+. The first-order valence-corrected chi connectivity index (χ1v) is 6.12. The minimum atomic E-state index is -0.0359. The number of nitrogens with two attached hydrogens (primary N) is 2. The molecule has 0 aliphatic carbocycles. The third-order valence-corrected chi connectivity index (χ3v) is 3.37. The molecule has 1 aromatic heterocycles. The van der Waals surface area contributed by atoms with E-state index in [-0.39, 0.29) is 5.96 Å². The monoisotopic (exact) mass is 253 g/mol. The summed E-state index contributed by atoms with van der Waals surface area (Å²) in [5, 5.41) is 8.56. The van der Waals surface area contributed by atoms with Crippen molar-refractivity contribution in [3.8, 4) is 0 Å². The van der Waals surface area contributed by atoms with Crippen LogP contribution in [0.15, 0.2) is 22.3 Å². The van der Waals surface area contributed by atoms with Gasteiger partial charge in [-0.2, -0.15) is 5.10 Å². The lowest BCUT2D eigenvalue weighted by atomic mass is 10.4. The molecule has 0 radical (unpaired) electrons. The molecule has 7 heteroatoms. The van der Waals surface area contributed by atoms with Gasteiger partial charge in [0, 0.05) is 18.0 Å². The largest absolute Gasteiger partial charge is 0.378 e. The highest BCUT2D eigenvalue weighted by molar-refractivity contribution is 7.17. The van der Waals surface area contributed by atoms with Crippen molar-refractivity contribution in [1.82, 2.24) is 0 Å². The summed E-state index contributed by atoms with van der Waals surface area (Å²) in [4.78, 5) is 3.32. The molecule has 4 N–H and O–H groups in total. The lowest BCUT2D eigenvalue weighted by Gasteiger charge is -2.27. The van der Waals surface area contributed by atoms with Gasteiger partial charge in [0.15, 0.2) is 0 Å². The molecule has 0 amide bonds. The zero-order chi connectivity index (χ0) is 12.1. The first-order valence-electron chi connectivity index (χ1n) is 5.30. The fourth-order valence-electron chi connectivity index (χ4n) is 1.52. The summed E-state index contributed by atoms with van der Waals surface area (Å²) in [6.07, 6.45) is 1.65. The van der Waals surface area contributed by atoms with Crippen LogP contribution in [0.2, 0.25) is 0 Å². The van der Waals surface area contributed by atoms with Gasteiger partial charge in [-0.1, -0.05) is 0 Å². The predicted octanol–water partition coefficient (Wildman–Crippen LogP) is 0.192. The van der Waals surface area contributed by atoms with Crippen molar-refractivity contribution in [3.05, 3.63) is 17.0 Å². The number of nitrogens with zero attached hydrogens (tertiary/aromatic N) is 3. The molecular weight excluding hydrogens is 238 g/mol. The van der Waals surface area contributed by atoms with E-state index in [1.165, 1.54) is 5.00 Å². The SMILES string of the molecule is NC(N)=N/N=C/c1ccc(N2CCOCC2)s1. The molecule has 17 heavy (non-hydrogen) atoms. The molecule has 0 unspecified atom stereocenters. The van der Waals surface area contributed by atoms with Gasteiger partial charge in [-0.15, -0.1) is 16.4 Å². The molecule has 1 aliphatic rings. The van der Waals surface area contributed by atoms with Crippen LogP contribution in [-0.2, 0) is 4.74 Å². The summed E-state index contributed by atoms with van der Waals surface area (Å²) in [6.45, 7) is 3.45. The average Bonchev–Trinajstić information content (AvgIpc) is 2.78. The second kappa shape index (κ2) is 5.65.